The zero-order valence-corrected chi connectivity index (χ0v) is 17.3. The lowest BCUT2D eigenvalue weighted by Gasteiger charge is -2.09. The van der Waals surface area contributed by atoms with Gasteiger partial charge in [-0.05, 0) is 42.0 Å². The van der Waals surface area contributed by atoms with Gasteiger partial charge in [0.15, 0.2) is 0 Å². The Morgan fingerprint density at radius 1 is 0.875 bits per heavy atom. The van der Waals surface area contributed by atoms with Crippen molar-refractivity contribution in [3.05, 3.63) is 115 Å². The van der Waals surface area contributed by atoms with Crippen molar-refractivity contribution in [2.75, 3.05) is 0 Å². The Bertz CT molecular complexity index is 1580. The summed E-state index contributed by atoms with van der Waals surface area (Å²) in [5, 5.41) is 4.84. The van der Waals surface area contributed by atoms with Gasteiger partial charge in [0.05, 0.1) is 24.0 Å². The number of aromatic nitrogens is 4. The molecule has 0 radical (unpaired) electrons. The number of halogens is 3. The Kier molecular flexibility index (Phi) is 4.86. The molecule has 0 N–H and O–H groups in total. The van der Waals surface area contributed by atoms with Gasteiger partial charge in [-0.15, -0.1) is 5.10 Å². The predicted molar refractivity (Wildman–Crippen MR) is 117 cm³/mol. The van der Waals surface area contributed by atoms with Crippen molar-refractivity contribution in [3.8, 4) is 0 Å². The SMILES string of the molecule is O=c1c2ccccc2n2c(=O)n(Cc3c(F)cccc3Cl)nc2n1Cc1ccc(F)cc1. The van der Waals surface area contributed by atoms with Gasteiger partial charge < -0.3 is 0 Å². The molecule has 0 amide bonds. The average molecular weight is 453 g/mol. The van der Waals surface area contributed by atoms with Gasteiger partial charge in [0.2, 0.25) is 5.78 Å². The van der Waals surface area contributed by atoms with Crippen LogP contribution in [0.2, 0.25) is 5.02 Å². The van der Waals surface area contributed by atoms with Gasteiger partial charge in [-0.2, -0.15) is 0 Å². The second kappa shape index (κ2) is 7.72. The number of nitrogens with zero attached hydrogens (tertiary/aromatic N) is 4. The van der Waals surface area contributed by atoms with Crippen LogP contribution in [-0.4, -0.2) is 18.7 Å². The van der Waals surface area contributed by atoms with Crippen LogP contribution >= 0.6 is 11.6 Å². The molecule has 0 unspecified atom stereocenters. The first-order valence-corrected chi connectivity index (χ1v) is 10.1. The largest absolute Gasteiger partial charge is 0.352 e. The second-order valence-corrected chi connectivity index (χ2v) is 7.72. The van der Waals surface area contributed by atoms with Crippen molar-refractivity contribution >= 4 is 28.3 Å². The quantitative estimate of drug-likeness (QED) is 0.416. The van der Waals surface area contributed by atoms with E-state index in [-0.39, 0.29) is 35.0 Å². The first kappa shape index (κ1) is 20.1. The molecule has 0 aliphatic heterocycles. The number of para-hydroxylation sites is 1. The minimum Gasteiger partial charge on any atom is -0.272 e. The van der Waals surface area contributed by atoms with Crippen LogP contribution in [0.1, 0.15) is 11.1 Å². The smallest absolute Gasteiger partial charge is 0.272 e. The summed E-state index contributed by atoms with van der Waals surface area (Å²) in [6.07, 6.45) is 0. The van der Waals surface area contributed by atoms with Gasteiger partial charge in [-0.25, -0.2) is 22.7 Å². The Morgan fingerprint density at radius 3 is 2.38 bits per heavy atom. The molecule has 0 fully saturated rings. The van der Waals surface area contributed by atoms with Gasteiger partial charge >= 0.3 is 5.69 Å². The monoisotopic (exact) mass is 452 g/mol. The third-order valence-electron chi connectivity index (χ3n) is 5.31. The van der Waals surface area contributed by atoms with Gasteiger partial charge in [0, 0.05) is 10.6 Å². The highest BCUT2D eigenvalue weighted by Crippen LogP contribution is 2.20. The highest BCUT2D eigenvalue weighted by Gasteiger charge is 2.19. The third-order valence-corrected chi connectivity index (χ3v) is 5.66. The van der Waals surface area contributed by atoms with Crippen LogP contribution in [0.25, 0.3) is 16.7 Å². The normalized spacial score (nSPS) is 11.5. The average Bonchev–Trinajstić information content (AvgIpc) is 3.11. The maximum absolute atomic E-state index is 14.3. The Labute approximate surface area is 184 Å². The molecule has 2 aromatic heterocycles. The molecule has 0 spiro atoms. The summed E-state index contributed by atoms with van der Waals surface area (Å²) in [6.45, 7) is -0.130. The lowest BCUT2D eigenvalue weighted by Crippen LogP contribution is -2.27. The molecule has 0 aliphatic rings. The van der Waals surface area contributed by atoms with Gasteiger partial charge in [0.1, 0.15) is 11.6 Å². The van der Waals surface area contributed by atoms with Crippen molar-refractivity contribution in [1.29, 1.82) is 0 Å². The van der Waals surface area contributed by atoms with Crippen LogP contribution in [0.4, 0.5) is 8.78 Å². The molecule has 32 heavy (non-hydrogen) atoms. The number of hydrogen-bond acceptors (Lipinski definition) is 3. The van der Waals surface area contributed by atoms with Gasteiger partial charge in [-0.1, -0.05) is 41.9 Å². The van der Waals surface area contributed by atoms with E-state index in [9.17, 15) is 18.4 Å². The predicted octanol–water partition coefficient (Wildman–Crippen LogP) is 3.84. The summed E-state index contributed by atoms with van der Waals surface area (Å²) in [4.78, 5) is 26.5. The fourth-order valence-corrected chi connectivity index (χ4v) is 3.94. The van der Waals surface area contributed by atoms with E-state index in [4.69, 9.17) is 11.6 Å². The minimum atomic E-state index is -0.560. The summed E-state index contributed by atoms with van der Waals surface area (Å²) in [6, 6.07) is 16.6. The number of fused-ring (bicyclic) bond motifs is 3. The highest BCUT2D eigenvalue weighted by atomic mass is 35.5. The molecule has 0 saturated heterocycles. The molecule has 9 heteroatoms. The summed E-state index contributed by atoms with van der Waals surface area (Å²) < 4.78 is 31.4. The summed E-state index contributed by atoms with van der Waals surface area (Å²) >= 11 is 6.13. The summed E-state index contributed by atoms with van der Waals surface area (Å²) in [5.74, 6) is -0.863. The lowest BCUT2D eigenvalue weighted by atomic mass is 10.2. The van der Waals surface area contributed by atoms with Crippen molar-refractivity contribution in [1.82, 2.24) is 18.7 Å². The molecule has 6 nitrogen and oxygen atoms in total. The van der Waals surface area contributed by atoms with E-state index in [2.05, 4.69) is 5.10 Å². The molecule has 0 aliphatic carbocycles. The molecule has 0 saturated carbocycles. The topological polar surface area (TPSA) is 61.3 Å². The third kappa shape index (κ3) is 3.29. The van der Waals surface area contributed by atoms with Gasteiger partial charge in [0.25, 0.3) is 5.56 Å². The van der Waals surface area contributed by atoms with Crippen molar-refractivity contribution < 1.29 is 8.78 Å². The molecule has 0 atom stereocenters. The molecule has 5 aromatic rings. The first-order valence-electron chi connectivity index (χ1n) is 9.72. The number of hydrogen-bond donors (Lipinski definition) is 0. The first-order chi connectivity index (χ1) is 15.4. The van der Waals surface area contributed by atoms with Crippen molar-refractivity contribution in [2.24, 2.45) is 0 Å². The molecule has 0 bridgehead atoms. The zero-order chi connectivity index (χ0) is 22.4. The van der Waals surface area contributed by atoms with E-state index in [1.165, 1.54) is 39.3 Å². The van der Waals surface area contributed by atoms with Crippen molar-refractivity contribution in [2.45, 2.75) is 13.1 Å². The van der Waals surface area contributed by atoms with Crippen LogP contribution in [0.5, 0.6) is 0 Å². The zero-order valence-electron chi connectivity index (χ0n) is 16.5. The van der Waals surface area contributed by atoms with E-state index in [1.807, 2.05) is 0 Å². The van der Waals surface area contributed by atoms with E-state index in [0.29, 0.717) is 16.5 Å². The van der Waals surface area contributed by atoms with Crippen LogP contribution in [0, 0.1) is 11.6 Å². The van der Waals surface area contributed by atoms with Crippen molar-refractivity contribution in [3.63, 3.8) is 0 Å². The molecule has 2 heterocycles. The summed E-state index contributed by atoms with van der Waals surface area (Å²) in [5.41, 5.74) is 0.279. The minimum absolute atomic E-state index is 0.0738. The van der Waals surface area contributed by atoms with E-state index in [1.54, 1.807) is 36.4 Å². The Balaban J connectivity index is 1.77. The highest BCUT2D eigenvalue weighted by molar-refractivity contribution is 6.31. The molecule has 160 valence electrons. The molecular formula is C23H15ClF2N4O2. The van der Waals surface area contributed by atoms with Crippen LogP contribution < -0.4 is 11.2 Å². The molecule has 3 aromatic carbocycles. The maximum atomic E-state index is 14.3. The number of rotatable bonds is 4. The maximum Gasteiger partial charge on any atom is 0.352 e. The van der Waals surface area contributed by atoms with E-state index in [0.717, 1.165) is 4.68 Å². The van der Waals surface area contributed by atoms with E-state index < -0.39 is 17.3 Å². The second-order valence-electron chi connectivity index (χ2n) is 7.31. The number of benzene rings is 3. The lowest BCUT2D eigenvalue weighted by molar-refractivity contribution is 0.577. The van der Waals surface area contributed by atoms with Crippen LogP contribution in [0.3, 0.4) is 0 Å². The standard InChI is InChI=1S/C23H15ClF2N4O2/c24-18-5-3-6-19(26)17(18)13-29-23(32)30-20-7-2-1-4-16(20)21(31)28(22(30)27-29)12-14-8-10-15(25)11-9-14/h1-11H,12-13H2. The Hall–Kier alpha value is -3.78. The van der Waals surface area contributed by atoms with Crippen LogP contribution in [0.15, 0.2) is 76.3 Å². The fraction of sp³-hybridized carbons (Fsp3) is 0.0870. The molecular weight excluding hydrogens is 438 g/mol. The summed E-state index contributed by atoms with van der Waals surface area (Å²) in [7, 11) is 0. The van der Waals surface area contributed by atoms with Crippen LogP contribution in [-0.2, 0) is 13.1 Å². The van der Waals surface area contributed by atoms with Gasteiger partial charge in [-0.3, -0.25) is 9.36 Å². The fourth-order valence-electron chi connectivity index (χ4n) is 3.72. The molecule has 5 rings (SSSR count). The Morgan fingerprint density at radius 2 is 1.62 bits per heavy atom. The van der Waals surface area contributed by atoms with E-state index >= 15 is 0 Å².